The number of benzene rings is 2. The lowest BCUT2D eigenvalue weighted by atomic mass is 10.1. The van der Waals surface area contributed by atoms with Crippen molar-refractivity contribution in [1.82, 2.24) is 0 Å². The van der Waals surface area contributed by atoms with E-state index in [1.165, 1.54) is 11.1 Å². The summed E-state index contributed by atoms with van der Waals surface area (Å²) in [6.07, 6.45) is 7.10. The van der Waals surface area contributed by atoms with Crippen LogP contribution in [0.5, 0.6) is 11.5 Å². The zero-order valence-corrected chi connectivity index (χ0v) is 18.5. The van der Waals surface area contributed by atoms with Gasteiger partial charge < -0.3 is 9.47 Å². The fourth-order valence-electron chi connectivity index (χ4n) is 2.58. The Bertz CT molecular complexity index is 897. The zero-order valence-electron chi connectivity index (χ0n) is 17.0. The summed E-state index contributed by atoms with van der Waals surface area (Å²) in [5.74, 6) is 1.10. The average Bonchev–Trinajstić information content (AvgIpc) is 2.69. The molecule has 2 rings (SSSR count). The maximum absolute atomic E-state index is 11.1. The molecule has 2 aromatic rings. The summed E-state index contributed by atoms with van der Waals surface area (Å²) in [4.78, 5) is 11.1. The molecule has 0 saturated heterocycles. The summed E-state index contributed by atoms with van der Waals surface area (Å²) >= 11 is 12.0. The molecule has 0 radical (unpaired) electrons. The normalized spacial score (nSPS) is 11.1. The summed E-state index contributed by atoms with van der Waals surface area (Å²) in [5.41, 5.74) is 3.99. The quantitative estimate of drug-likeness (QED) is 0.288. The van der Waals surface area contributed by atoms with E-state index in [9.17, 15) is 4.79 Å². The van der Waals surface area contributed by atoms with Crippen molar-refractivity contribution in [2.45, 2.75) is 40.2 Å². The molecule has 0 N–H and O–H groups in total. The number of carbonyl (C=O) groups excluding carboxylic acids is 1. The van der Waals surface area contributed by atoms with Crippen molar-refractivity contribution in [2.75, 3.05) is 6.61 Å². The molecule has 0 aliphatic heterocycles. The van der Waals surface area contributed by atoms with Crippen molar-refractivity contribution < 1.29 is 14.3 Å². The summed E-state index contributed by atoms with van der Waals surface area (Å²) in [6.45, 7) is 7.02. The van der Waals surface area contributed by atoms with Crippen LogP contribution in [0.3, 0.4) is 0 Å². The predicted octanol–water partition coefficient (Wildman–Crippen LogP) is 7.46. The van der Waals surface area contributed by atoms with Gasteiger partial charge in [-0.05, 0) is 75.6 Å². The van der Waals surface area contributed by atoms with Crippen molar-refractivity contribution in [3.8, 4) is 11.5 Å². The number of rotatable bonds is 10. The lowest BCUT2D eigenvalue weighted by Crippen LogP contribution is -2.01. The van der Waals surface area contributed by atoms with Gasteiger partial charge in [-0.15, -0.1) is 0 Å². The molecule has 29 heavy (non-hydrogen) atoms. The molecule has 0 heterocycles. The highest BCUT2D eigenvalue weighted by Gasteiger charge is 2.08. The lowest BCUT2D eigenvalue weighted by Gasteiger charge is -2.13. The number of hydrogen-bond donors (Lipinski definition) is 0. The molecule has 0 atom stereocenters. The third-order valence-corrected chi connectivity index (χ3v) is 4.98. The van der Waals surface area contributed by atoms with Gasteiger partial charge in [-0.1, -0.05) is 46.5 Å². The summed E-state index contributed by atoms with van der Waals surface area (Å²) in [6, 6.07) is 10.5. The van der Waals surface area contributed by atoms with Crippen LogP contribution in [0, 0.1) is 0 Å². The fourth-order valence-corrected chi connectivity index (χ4v) is 2.91. The monoisotopic (exact) mass is 432 g/mol. The van der Waals surface area contributed by atoms with Crippen LogP contribution in [0.25, 0.3) is 0 Å². The number of aldehydes is 1. The molecule has 0 spiro atoms. The molecule has 0 unspecified atom stereocenters. The van der Waals surface area contributed by atoms with Crippen molar-refractivity contribution >= 4 is 29.5 Å². The first kappa shape index (κ1) is 23.1. The molecule has 154 valence electrons. The van der Waals surface area contributed by atoms with E-state index in [4.69, 9.17) is 32.7 Å². The van der Waals surface area contributed by atoms with Gasteiger partial charge in [0.15, 0.2) is 11.5 Å². The molecule has 0 amide bonds. The van der Waals surface area contributed by atoms with E-state index in [0.717, 1.165) is 24.7 Å². The third-order valence-electron chi connectivity index (χ3n) is 4.24. The van der Waals surface area contributed by atoms with Gasteiger partial charge in [0.1, 0.15) is 19.5 Å². The highest BCUT2D eigenvalue weighted by molar-refractivity contribution is 6.42. The second-order valence-corrected chi connectivity index (χ2v) is 7.86. The minimum Gasteiger partial charge on any atom is -0.486 e. The Morgan fingerprint density at radius 2 is 1.72 bits per heavy atom. The Kier molecular flexibility index (Phi) is 9.30. The van der Waals surface area contributed by atoms with Crippen LogP contribution in [0.15, 0.2) is 59.7 Å². The lowest BCUT2D eigenvalue weighted by molar-refractivity contribution is 0.112. The molecular weight excluding hydrogens is 407 g/mol. The van der Waals surface area contributed by atoms with Gasteiger partial charge in [-0.3, -0.25) is 4.79 Å². The molecule has 0 bridgehead atoms. The van der Waals surface area contributed by atoms with Crippen LogP contribution in [-0.4, -0.2) is 12.9 Å². The third kappa shape index (κ3) is 7.96. The number of carbonyl (C=O) groups is 1. The zero-order chi connectivity index (χ0) is 21.2. The minimum absolute atomic E-state index is 0.285. The summed E-state index contributed by atoms with van der Waals surface area (Å²) in [5, 5.41) is 0.966. The van der Waals surface area contributed by atoms with Gasteiger partial charge in [0, 0.05) is 5.56 Å². The minimum atomic E-state index is 0.285. The summed E-state index contributed by atoms with van der Waals surface area (Å²) < 4.78 is 11.8. The van der Waals surface area contributed by atoms with E-state index < -0.39 is 0 Å². The molecule has 0 aliphatic carbocycles. The predicted molar refractivity (Wildman–Crippen MR) is 121 cm³/mol. The Labute approximate surface area is 182 Å². The molecular formula is C24H26Cl2O3. The van der Waals surface area contributed by atoms with Gasteiger partial charge in [-0.25, -0.2) is 0 Å². The van der Waals surface area contributed by atoms with Crippen LogP contribution in [-0.2, 0) is 6.61 Å². The molecule has 0 fully saturated rings. The number of halogens is 2. The molecule has 3 nitrogen and oxygen atoms in total. The Hall–Kier alpha value is -2.23. The SMILES string of the molecule is CC(C)=CCC/C(C)=C/COc1ccc(C=O)cc1OCc1ccc(Cl)c(Cl)c1. The first-order chi connectivity index (χ1) is 13.9. The molecule has 0 aliphatic rings. The van der Waals surface area contributed by atoms with E-state index >= 15 is 0 Å². The van der Waals surface area contributed by atoms with Gasteiger partial charge in [-0.2, -0.15) is 0 Å². The van der Waals surface area contributed by atoms with Gasteiger partial charge in [0.05, 0.1) is 10.0 Å². The van der Waals surface area contributed by atoms with E-state index in [1.807, 2.05) is 6.07 Å². The number of ether oxygens (including phenoxy) is 2. The second kappa shape index (κ2) is 11.7. The van der Waals surface area contributed by atoms with Crippen LogP contribution in [0.1, 0.15) is 49.5 Å². The Morgan fingerprint density at radius 3 is 2.41 bits per heavy atom. The van der Waals surface area contributed by atoms with Crippen molar-refractivity contribution in [2.24, 2.45) is 0 Å². The van der Waals surface area contributed by atoms with Crippen molar-refractivity contribution in [3.63, 3.8) is 0 Å². The van der Waals surface area contributed by atoms with Crippen LogP contribution < -0.4 is 9.47 Å². The fraction of sp³-hybridized carbons (Fsp3) is 0.292. The number of hydrogen-bond acceptors (Lipinski definition) is 3. The highest BCUT2D eigenvalue weighted by atomic mass is 35.5. The van der Waals surface area contributed by atoms with Crippen LogP contribution >= 0.6 is 23.2 Å². The first-order valence-corrected chi connectivity index (χ1v) is 10.2. The Balaban J connectivity index is 2.03. The largest absolute Gasteiger partial charge is 0.486 e. The maximum Gasteiger partial charge on any atom is 0.162 e. The topological polar surface area (TPSA) is 35.5 Å². The van der Waals surface area contributed by atoms with Crippen LogP contribution in [0.4, 0.5) is 0 Å². The maximum atomic E-state index is 11.1. The molecule has 0 saturated carbocycles. The van der Waals surface area contributed by atoms with E-state index in [-0.39, 0.29) is 6.61 Å². The highest BCUT2D eigenvalue weighted by Crippen LogP contribution is 2.30. The average molecular weight is 433 g/mol. The second-order valence-electron chi connectivity index (χ2n) is 7.04. The van der Waals surface area contributed by atoms with Gasteiger partial charge >= 0.3 is 0 Å². The van der Waals surface area contributed by atoms with Gasteiger partial charge in [0.25, 0.3) is 0 Å². The summed E-state index contributed by atoms with van der Waals surface area (Å²) in [7, 11) is 0. The van der Waals surface area contributed by atoms with E-state index in [2.05, 4.69) is 32.9 Å². The molecule has 2 aromatic carbocycles. The van der Waals surface area contributed by atoms with E-state index in [1.54, 1.807) is 30.3 Å². The van der Waals surface area contributed by atoms with Crippen molar-refractivity contribution in [3.05, 3.63) is 80.9 Å². The van der Waals surface area contributed by atoms with Crippen LogP contribution in [0.2, 0.25) is 10.0 Å². The van der Waals surface area contributed by atoms with E-state index in [0.29, 0.717) is 33.7 Å². The first-order valence-electron chi connectivity index (χ1n) is 9.46. The van der Waals surface area contributed by atoms with Crippen molar-refractivity contribution in [1.29, 1.82) is 0 Å². The van der Waals surface area contributed by atoms with Gasteiger partial charge in [0.2, 0.25) is 0 Å². The smallest absolute Gasteiger partial charge is 0.162 e. The molecule has 5 heteroatoms. The number of allylic oxidation sites excluding steroid dienone is 3. The Morgan fingerprint density at radius 1 is 0.931 bits per heavy atom. The molecule has 0 aromatic heterocycles. The standard InChI is InChI=1S/C24H26Cl2O3/c1-17(2)5-4-6-18(3)11-12-28-23-10-8-19(15-27)14-24(23)29-16-20-7-9-21(25)22(26)13-20/h5,7-11,13-15H,4,6,12,16H2,1-3H3/b18-11+.